The molecule has 0 bridgehead atoms. The predicted molar refractivity (Wildman–Crippen MR) is 80.5 cm³/mol. The number of hydrogen-bond acceptors (Lipinski definition) is 6. The van der Waals surface area contributed by atoms with Crippen molar-refractivity contribution in [3.63, 3.8) is 0 Å². The van der Waals surface area contributed by atoms with Crippen LogP contribution in [0, 0.1) is 13.8 Å². The van der Waals surface area contributed by atoms with Crippen LogP contribution in [0.15, 0.2) is 17.5 Å². The number of aromatic nitrogens is 1. The molecule has 0 aliphatic heterocycles. The standard InChI is InChI=1S/C15H15NO5S/c1-8-12(15(19)20-3)9(2)16-13(8)10(17)7-21-14(18)11-5-4-6-22-11/h4-6,16H,7H2,1-3H3. The summed E-state index contributed by atoms with van der Waals surface area (Å²) in [5, 5.41) is 1.75. The summed E-state index contributed by atoms with van der Waals surface area (Å²) in [6, 6.07) is 3.35. The van der Waals surface area contributed by atoms with E-state index >= 15 is 0 Å². The Hall–Kier alpha value is -2.41. The van der Waals surface area contributed by atoms with Gasteiger partial charge >= 0.3 is 11.9 Å². The number of ketones is 1. The third-order valence-electron chi connectivity index (χ3n) is 3.16. The van der Waals surface area contributed by atoms with Crippen molar-refractivity contribution in [1.29, 1.82) is 0 Å². The van der Waals surface area contributed by atoms with Gasteiger partial charge in [-0.3, -0.25) is 4.79 Å². The van der Waals surface area contributed by atoms with Crippen LogP contribution in [-0.2, 0) is 9.47 Å². The lowest BCUT2D eigenvalue weighted by Gasteiger charge is -2.03. The Morgan fingerprint density at radius 2 is 1.95 bits per heavy atom. The number of ether oxygens (including phenoxy) is 2. The molecule has 0 fully saturated rings. The molecule has 0 aromatic carbocycles. The molecule has 22 heavy (non-hydrogen) atoms. The van der Waals surface area contributed by atoms with Crippen molar-refractivity contribution in [3.05, 3.63) is 44.9 Å². The molecule has 0 saturated carbocycles. The molecular weight excluding hydrogens is 306 g/mol. The topological polar surface area (TPSA) is 85.5 Å². The molecule has 0 unspecified atom stereocenters. The first-order chi connectivity index (χ1) is 10.5. The number of esters is 2. The number of Topliss-reactive ketones (excluding diaryl/α,β-unsaturated/α-hetero) is 1. The highest BCUT2D eigenvalue weighted by Crippen LogP contribution is 2.19. The van der Waals surface area contributed by atoms with E-state index in [1.54, 1.807) is 31.4 Å². The summed E-state index contributed by atoms with van der Waals surface area (Å²) in [5.74, 6) is -1.46. The van der Waals surface area contributed by atoms with Gasteiger partial charge in [-0.25, -0.2) is 9.59 Å². The van der Waals surface area contributed by atoms with Crippen molar-refractivity contribution in [2.75, 3.05) is 13.7 Å². The van der Waals surface area contributed by atoms with Crippen LogP contribution in [0.3, 0.4) is 0 Å². The molecule has 2 aromatic heterocycles. The highest BCUT2D eigenvalue weighted by molar-refractivity contribution is 7.11. The van der Waals surface area contributed by atoms with E-state index in [1.165, 1.54) is 18.4 Å². The van der Waals surface area contributed by atoms with Gasteiger partial charge in [-0.15, -0.1) is 11.3 Å². The Labute approximate surface area is 131 Å². The minimum Gasteiger partial charge on any atom is -0.465 e. The van der Waals surface area contributed by atoms with Gasteiger partial charge in [0.15, 0.2) is 6.61 Å². The number of hydrogen-bond donors (Lipinski definition) is 1. The highest BCUT2D eigenvalue weighted by Gasteiger charge is 2.23. The lowest BCUT2D eigenvalue weighted by Crippen LogP contribution is -2.15. The number of rotatable bonds is 5. The van der Waals surface area contributed by atoms with Crippen molar-refractivity contribution < 1.29 is 23.9 Å². The molecule has 0 saturated heterocycles. The molecule has 2 heterocycles. The summed E-state index contributed by atoms with van der Waals surface area (Å²) in [7, 11) is 1.28. The Morgan fingerprint density at radius 3 is 2.55 bits per heavy atom. The summed E-state index contributed by atoms with van der Waals surface area (Å²) in [6.07, 6.45) is 0. The SMILES string of the molecule is COC(=O)c1c(C)[nH]c(C(=O)COC(=O)c2cccs2)c1C. The van der Waals surface area contributed by atoms with Gasteiger partial charge in [-0.2, -0.15) is 0 Å². The molecule has 116 valence electrons. The van der Waals surface area contributed by atoms with E-state index < -0.39 is 24.3 Å². The van der Waals surface area contributed by atoms with Crippen LogP contribution in [-0.4, -0.2) is 36.4 Å². The monoisotopic (exact) mass is 321 g/mol. The van der Waals surface area contributed by atoms with Crippen molar-refractivity contribution in [3.8, 4) is 0 Å². The van der Waals surface area contributed by atoms with Crippen LogP contribution in [0.5, 0.6) is 0 Å². The summed E-state index contributed by atoms with van der Waals surface area (Å²) < 4.78 is 9.66. The largest absolute Gasteiger partial charge is 0.465 e. The molecule has 6 nitrogen and oxygen atoms in total. The average Bonchev–Trinajstić information content (AvgIpc) is 3.12. The number of aryl methyl sites for hydroxylation is 1. The van der Waals surface area contributed by atoms with Gasteiger partial charge < -0.3 is 14.5 Å². The van der Waals surface area contributed by atoms with Gasteiger partial charge in [0, 0.05) is 5.69 Å². The molecule has 1 N–H and O–H groups in total. The number of carbonyl (C=O) groups is 3. The Bertz CT molecular complexity index is 715. The van der Waals surface area contributed by atoms with E-state index in [1.807, 2.05) is 0 Å². The van der Waals surface area contributed by atoms with Crippen molar-refractivity contribution in [2.24, 2.45) is 0 Å². The molecule has 0 spiro atoms. The number of nitrogens with one attached hydrogen (secondary N) is 1. The van der Waals surface area contributed by atoms with Crippen LogP contribution in [0.1, 0.15) is 41.8 Å². The van der Waals surface area contributed by atoms with Gasteiger partial charge in [0.05, 0.1) is 18.4 Å². The second kappa shape index (κ2) is 6.57. The maximum absolute atomic E-state index is 12.2. The summed E-state index contributed by atoms with van der Waals surface area (Å²) in [6.45, 7) is 2.93. The van der Waals surface area contributed by atoms with Gasteiger partial charge in [-0.05, 0) is 30.9 Å². The smallest absolute Gasteiger partial charge is 0.348 e. The van der Waals surface area contributed by atoms with E-state index in [0.717, 1.165) is 0 Å². The lowest BCUT2D eigenvalue weighted by molar-refractivity contribution is 0.0477. The van der Waals surface area contributed by atoms with Crippen molar-refractivity contribution in [2.45, 2.75) is 13.8 Å². The minimum absolute atomic E-state index is 0.247. The first-order valence-corrected chi connectivity index (χ1v) is 7.35. The number of methoxy groups -OCH3 is 1. The van der Waals surface area contributed by atoms with Crippen LogP contribution in [0.4, 0.5) is 0 Å². The quantitative estimate of drug-likeness (QED) is 0.675. The second-order valence-corrected chi connectivity index (χ2v) is 5.54. The molecule has 0 amide bonds. The predicted octanol–water partition coefficient (Wildman–Crippen LogP) is 2.52. The summed E-state index contributed by atoms with van der Waals surface area (Å²) in [4.78, 5) is 38.8. The van der Waals surface area contributed by atoms with Gasteiger partial charge in [0.25, 0.3) is 0 Å². The number of H-pyrrole nitrogens is 1. The molecule has 0 atom stereocenters. The summed E-state index contributed by atoms with van der Waals surface area (Å²) in [5.41, 5.74) is 1.60. The lowest BCUT2D eigenvalue weighted by atomic mass is 10.1. The van der Waals surface area contributed by atoms with Gasteiger partial charge in [0.2, 0.25) is 5.78 Å². The Balaban J connectivity index is 2.10. The van der Waals surface area contributed by atoms with E-state index in [2.05, 4.69) is 9.72 Å². The molecule has 7 heteroatoms. The fourth-order valence-electron chi connectivity index (χ4n) is 2.11. The van der Waals surface area contributed by atoms with Crippen LogP contribution in [0.25, 0.3) is 0 Å². The molecule has 0 aliphatic rings. The maximum atomic E-state index is 12.2. The maximum Gasteiger partial charge on any atom is 0.348 e. The first-order valence-electron chi connectivity index (χ1n) is 6.47. The minimum atomic E-state index is -0.544. The normalized spacial score (nSPS) is 10.3. The van der Waals surface area contributed by atoms with E-state index in [4.69, 9.17) is 4.74 Å². The number of aromatic amines is 1. The summed E-state index contributed by atoms with van der Waals surface area (Å²) >= 11 is 1.24. The van der Waals surface area contributed by atoms with E-state index in [0.29, 0.717) is 21.7 Å². The molecular formula is C15H15NO5S. The van der Waals surface area contributed by atoms with Crippen LogP contribution < -0.4 is 0 Å². The van der Waals surface area contributed by atoms with Crippen molar-refractivity contribution in [1.82, 2.24) is 4.98 Å². The first kappa shape index (κ1) is 16.0. The fourth-order valence-corrected chi connectivity index (χ4v) is 2.72. The zero-order valence-electron chi connectivity index (χ0n) is 12.4. The highest BCUT2D eigenvalue weighted by atomic mass is 32.1. The van der Waals surface area contributed by atoms with Crippen LogP contribution in [0.2, 0.25) is 0 Å². The van der Waals surface area contributed by atoms with E-state index in [-0.39, 0.29) is 5.69 Å². The zero-order valence-corrected chi connectivity index (χ0v) is 13.2. The van der Waals surface area contributed by atoms with E-state index in [9.17, 15) is 14.4 Å². The average molecular weight is 321 g/mol. The Kier molecular flexibility index (Phi) is 4.77. The van der Waals surface area contributed by atoms with Gasteiger partial charge in [-0.1, -0.05) is 6.07 Å². The number of carbonyl (C=O) groups excluding carboxylic acids is 3. The second-order valence-electron chi connectivity index (χ2n) is 4.59. The van der Waals surface area contributed by atoms with Crippen LogP contribution >= 0.6 is 11.3 Å². The molecule has 0 radical (unpaired) electrons. The number of thiophene rings is 1. The zero-order chi connectivity index (χ0) is 16.3. The molecule has 2 rings (SSSR count). The molecule has 2 aromatic rings. The Morgan fingerprint density at radius 1 is 1.23 bits per heavy atom. The van der Waals surface area contributed by atoms with Gasteiger partial charge in [0.1, 0.15) is 4.88 Å². The molecule has 0 aliphatic carbocycles. The fraction of sp³-hybridized carbons (Fsp3) is 0.267. The third kappa shape index (κ3) is 3.09. The third-order valence-corrected chi connectivity index (χ3v) is 4.01. The van der Waals surface area contributed by atoms with Crippen molar-refractivity contribution >= 4 is 29.1 Å².